The second-order valence-electron chi connectivity index (χ2n) is 6.94. The van der Waals surface area contributed by atoms with Crippen molar-refractivity contribution in [3.8, 4) is 11.3 Å². The number of likely N-dealkylation sites (tertiary alicyclic amines) is 1. The monoisotopic (exact) mass is 343 g/mol. The first-order valence-electron chi connectivity index (χ1n) is 8.26. The van der Waals surface area contributed by atoms with Gasteiger partial charge in [-0.3, -0.25) is 4.79 Å². The zero-order valence-corrected chi connectivity index (χ0v) is 13.8. The standard InChI is InChI=1S/C18H17NO4S/c20-18(11-3-4-11)19-9-14-13-8-12(15-2-1-7-23-15)5-6-16(13)24(21,22)17(14)10-19/h1-2,5-8,11,14,17H,3-4,9-10H2/t14-,17+/m1/s1. The van der Waals surface area contributed by atoms with Gasteiger partial charge in [0.1, 0.15) is 5.76 Å². The van der Waals surface area contributed by atoms with E-state index in [2.05, 4.69) is 0 Å². The highest BCUT2D eigenvalue weighted by molar-refractivity contribution is 7.92. The number of hydrogen-bond acceptors (Lipinski definition) is 4. The van der Waals surface area contributed by atoms with Crippen molar-refractivity contribution in [3.63, 3.8) is 0 Å². The maximum Gasteiger partial charge on any atom is 0.225 e. The van der Waals surface area contributed by atoms with Crippen LogP contribution in [0.15, 0.2) is 45.9 Å². The molecule has 6 heteroatoms. The van der Waals surface area contributed by atoms with Crippen molar-refractivity contribution in [3.05, 3.63) is 42.2 Å². The summed E-state index contributed by atoms with van der Waals surface area (Å²) in [6.45, 7) is 0.834. The number of amides is 1. The van der Waals surface area contributed by atoms with Gasteiger partial charge in [0.15, 0.2) is 9.84 Å². The van der Waals surface area contributed by atoms with Gasteiger partial charge in [0.25, 0.3) is 0 Å². The Morgan fingerprint density at radius 3 is 2.71 bits per heavy atom. The molecule has 0 bridgehead atoms. The highest BCUT2D eigenvalue weighted by Gasteiger charge is 2.52. The van der Waals surface area contributed by atoms with Crippen LogP contribution in [0.2, 0.25) is 0 Å². The van der Waals surface area contributed by atoms with Gasteiger partial charge in [0.2, 0.25) is 5.91 Å². The summed E-state index contributed by atoms with van der Waals surface area (Å²) in [5.41, 5.74) is 1.71. The first-order valence-corrected chi connectivity index (χ1v) is 9.81. The molecule has 3 aliphatic rings. The maximum absolute atomic E-state index is 12.9. The molecule has 1 aromatic heterocycles. The molecule has 2 aromatic rings. The number of sulfone groups is 1. The Morgan fingerprint density at radius 1 is 1.17 bits per heavy atom. The van der Waals surface area contributed by atoms with E-state index in [0.29, 0.717) is 18.0 Å². The molecule has 3 heterocycles. The van der Waals surface area contributed by atoms with Crippen molar-refractivity contribution in [1.29, 1.82) is 0 Å². The maximum atomic E-state index is 12.9. The van der Waals surface area contributed by atoms with Gasteiger partial charge in [-0.05, 0) is 48.7 Å². The van der Waals surface area contributed by atoms with Crippen molar-refractivity contribution in [2.45, 2.75) is 28.9 Å². The third-order valence-corrected chi connectivity index (χ3v) is 7.68. The normalized spacial score (nSPS) is 27.1. The quantitative estimate of drug-likeness (QED) is 0.840. The van der Waals surface area contributed by atoms with E-state index in [1.165, 1.54) is 0 Å². The van der Waals surface area contributed by atoms with Crippen molar-refractivity contribution in [2.24, 2.45) is 5.92 Å². The molecular weight excluding hydrogens is 326 g/mol. The summed E-state index contributed by atoms with van der Waals surface area (Å²) in [4.78, 5) is 14.5. The molecule has 5 nitrogen and oxygen atoms in total. The van der Waals surface area contributed by atoms with Gasteiger partial charge in [0.05, 0.1) is 16.4 Å². The number of benzene rings is 1. The third kappa shape index (κ3) is 1.92. The van der Waals surface area contributed by atoms with Gasteiger partial charge < -0.3 is 9.32 Å². The summed E-state index contributed by atoms with van der Waals surface area (Å²) in [5, 5.41) is -0.498. The largest absolute Gasteiger partial charge is 0.464 e. The van der Waals surface area contributed by atoms with Crippen LogP contribution in [0.4, 0.5) is 0 Å². The third-order valence-electron chi connectivity index (χ3n) is 5.42. The first-order chi connectivity index (χ1) is 11.6. The fourth-order valence-corrected chi connectivity index (χ4v) is 6.18. The van der Waals surface area contributed by atoms with Crippen molar-refractivity contribution >= 4 is 15.7 Å². The minimum atomic E-state index is -3.36. The van der Waals surface area contributed by atoms with Crippen LogP contribution < -0.4 is 0 Å². The van der Waals surface area contributed by atoms with Crippen LogP contribution in [0.3, 0.4) is 0 Å². The molecule has 0 spiro atoms. The molecule has 0 radical (unpaired) electrons. The fraction of sp³-hybridized carbons (Fsp3) is 0.389. The summed E-state index contributed by atoms with van der Waals surface area (Å²) in [7, 11) is -3.36. The minimum Gasteiger partial charge on any atom is -0.464 e. The van der Waals surface area contributed by atoms with Crippen molar-refractivity contribution in [1.82, 2.24) is 4.90 Å². The van der Waals surface area contributed by atoms with Gasteiger partial charge >= 0.3 is 0 Å². The molecule has 1 saturated heterocycles. The molecule has 24 heavy (non-hydrogen) atoms. The Labute approximate surface area is 140 Å². The number of nitrogens with zero attached hydrogens (tertiary/aromatic N) is 1. The lowest BCUT2D eigenvalue weighted by Gasteiger charge is -2.17. The predicted octanol–water partition coefficient (Wildman–Crippen LogP) is 2.44. The summed E-state index contributed by atoms with van der Waals surface area (Å²) < 4.78 is 31.1. The van der Waals surface area contributed by atoms with Gasteiger partial charge in [0, 0.05) is 30.5 Å². The molecule has 124 valence electrons. The lowest BCUT2D eigenvalue weighted by atomic mass is 9.96. The first kappa shape index (κ1) is 14.3. The number of fused-ring (bicyclic) bond motifs is 3. The molecule has 0 unspecified atom stereocenters. The summed E-state index contributed by atoms with van der Waals surface area (Å²) in [6, 6.07) is 9.08. The number of carbonyl (C=O) groups is 1. The van der Waals surface area contributed by atoms with Gasteiger partial charge in [-0.25, -0.2) is 8.42 Å². The van der Waals surface area contributed by atoms with E-state index in [-0.39, 0.29) is 17.7 Å². The second-order valence-corrected chi connectivity index (χ2v) is 9.07. The van der Waals surface area contributed by atoms with Crippen LogP contribution in [0.25, 0.3) is 11.3 Å². The van der Waals surface area contributed by atoms with E-state index in [9.17, 15) is 13.2 Å². The number of hydrogen-bond donors (Lipinski definition) is 0. The number of furan rings is 1. The molecule has 2 fully saturated rings. The highest BCUT2D eigenvalue weighted by atomic mass is 32.2. The van der Waals surface area contributed by atoms with E-state index in [0.717, 1.165) is 29.7 Å². The molecule has 5 rings (SSSR count). The zero-order valence-electron chi connectivity index (χ0n) is 13.0. The van der Waals surface area contributed by atoms with Crippen LogP contribution in [0.5, 0.6) is 0 Å². The van der Waals surface area contributed by atoms with Gasteiger partial charge in [-0.1, -0.05) is 0 Å². The van der Waals surface area contributed by atoms with E-state index in [1.807, 2.05) is 18.2 Å². The van der Waals surface area contributed by atoms with E-state index < -0.39 is 15.1 Å². The van der Waals surface area contributed by atoms with E-state index in [1.54, 1.807) is 23.3 Å². The summed E-state index contributed by atoms with van der Waals surface area (Å²) >= 11 is 0. The zero-order chi connectivity index (χ0) is 16.5. The lowest BCUT2D eigenvalue weighted by Crippen LogP contribution is -2.32. The molecular formula is C18H17NO4S. The van der Waals surface area contributed by atoms with E-state index in [4.69, 9.17) is 4.42 Å². The lowest BCUT2D eigenvalue weighted by molar-refractivity contribution is -0.131. The second kappa shape index (κ2) is 4.72. The molecule has 1 aliphatic carbocycles. The molecule has 1 amide bonds. The Balaban J connectivity index is 1.56. The molecule has 1 saturated carbocycles. The summed E-state index contributed by atoms with van der Waals surface area (Å²) in [5.74, 6) is 0.856. The SMILES string of the molecule is O=C(C1CC1)N1C[C@@H]2c3cc(-c4ccco4)ccc3S(=O)(=O)[C@H]2C1. The Kier molecular flexibility index (Phi) is 2.81. The van der Waals surface area contributed by atoms with Crippen LogP contribution in [-0.2, 0) is 14.6 Å². The smallest absolute Gasteiger partial charge is 0.225 e. The van der Waals surface area contributed by atoms with Gasteiger partial charge in [-0.15, -0.1) is 0 Å². The Morgan fingerprint density at radius 2 is 2.00 bits per heavy atom. The van der Waals surface area contributed by atoms with E-state index >= 15 is 0 Å². The van der Waals surface area contributed by atoms with Crippen molar-refractivity contribution in [2.75, 3.05) is 13.1 Å². The molecule has 2 atom stereocenters. The minimum absolute atomic E-state index is 0.123. The predicted molar refractivity (Wildman–Crippen MR) is 87.2 cm³/mol. The molecule has 1 aromatic carbocycles. The molecule has 2 aliphatic heterocycles. The Bertz CT molecular complexity index is 928. The van der Waals surface area contributed by atoms with Crippen LogP contribution in [0, 0.1) is 5.92 Å². The molecule has 0 N–H and O–H groups in total. The highest BCUT2D eigenvalue weighted by Crippen LogP contribution is 2.47. The van der Waals surface area contributed by atoms with Crippen molar-refractivity contribution < 1.29 is 17.6 Å². The van der Waals surface area contributed by atoms with Crippen LogP contribution >= 0.6 is 0 Å². The van der Waals surface area contributed by atoms with Crippen LogP contribution in [-0.4, -0.2) is 37.6 Å². The fourth-order valence-electron chi connectivity index (χ4n) is 4.01. The van der Waals surface area contributed by atoms with Gasteiger partial charge in [-0.2, -0.15) is 0 Å². The number of rotatable bonds is 2. The average Bonchev–Trinajstić information content (AvgIpc) is 3.04. The Hall–Kier alpha value is -2.08. The topological polar surface area (TPSA) is 67.6 Å². The average molecular weight is 343 g/mol. The summed E-state index contributed by atoms with van der Waals surface area (Å²) in [6.07, 6.45) is 3.49. The van der Waals surface area contributed by atoms with Crippen LogP contribution in [0.1, 0.15) is 24.3 Å². The number of carbonyl (C=O) groups excluding carboxylic acids is 1.